The van der Waals surface area contributed by atoms with Gasteiger partial charge in [-0.05, 0) is 44.0 Å². The van der Waals surface area contributed by atoms with Gasteiger partial charge in [0.2, 0.25) is 5.91 Å². The van der Waals surface area contributed by atoms with Crippen LogP contribution in [0.2, 0.25) is 0 Å². The Bertz CT molecular complexity index is 410. The summed E-state index contributed by atoms with van der Waals surface area (Å²) in [4.78, 5) is 11.6. The van der Waals surface area contributed by atoms with Crippen LogP contribution in [-0.2, 0) is 4.79 Å². The third kappa shape index (κ3) is 3.70. The van der Waals surface area contributed by atoms with Crippen LogP contribution in [0.5, 0.6) is 5.75 Å². The molecule has 0 radical (unpaired) electrons. The molecule has 0 heterocycles. The number of anilines is 1. The number of rotatable bonds is 5. The molecule has 4 nitrogen and oxygen atoms in total. The fourth-order valence-corrected chi connectivity index (χ4v) is 1.60. The predicted octanol–water partition coefficient (Wildman–Crippen LogP) is 1.94. The lowest BCUT2D eigenvalue weighted by atomic mass is 10.1. The second kappa shape index (κ2) is 6.35. The van der Waals surface area contributed by atoms with E-state index in [2.05, 4.69) is 5.32 Å². The van der Waals surface area contributed by atoms with Gasteiger partial charge in [0.1, 0.15) is 19.0 Å². The monoisotopic (exact) mass is 254 g/mol. The molecule has 5 heteroatoms. The molecule has 18 heavy (non-hydrogen) atoms. The number of amides is 1. The Balaban J connectivity index is 2.90. The molecule has 0 bridgehead atoms. The number of nitrogens with two attached hydrogens (primary N) is 1. The number of halogens is 1. The number of carbonyl (C=O) groups is 1. The molecule has 0 saturated heterocycles. The average Bonchev–Trinajstić information content (AvgIpc) is 2.30. The van der Waals surface area contributed by atoms with Crippen molar-refractivity contribution in [2.45, 2.75) is 26.8 Å². The summed E-state index contributed by atoms with van der Waals surface area (Å²) in [6.07, 6.45) is 0. The first-order chi connectivity index (χ1) is 8.45. The molecule has 0 spiro atoms. The van der Waals surface area contributed by atoms with E-state index in [-0.39, 0.29) is 12.5 Å². The van der Waals surface area contributed by atoms with Gasteiger partial charge < -0.3 is 15.8 Å². The maximum Gasteiger partial charge on any atom is 0.241 e. The number of hydrogen-bond donors (Lipinski definition) is 2. The van der Waals surface area contributed by atoms with Crippen molar-refractivity contribution < 1.29 is 13.9 Å². The van der Waals surface area contributed by atoms with Crippen molar-refractivity contribution in [2.24, 2.45) is 5.73 Å². The van der Waals surface area contributed by atoms with E-state index in [4.69, 9.17) is 10.5 Å². The van der Waals surface area contributed by atoms with E-state index in [1.54, 1.807) is 19.1 Å². The SMILES string of the molecule is Cc1cc(OCCF)cc(C)c1NC(=O)C(C)N. The smallest absolute Gasteiger partial charge is 0.241 e. The zero-order valence-corrected chi connectivity index (χ0v) is 10.9. The first kappa shape index (κ1) is 14.4. The maximum atomic E-state index is 12.0. The lowest BCUT2D eigenvalue weighted by Crippen LogP contribution is -2.32. The van der Waals surface area contributed by atoms with Crippen LogP contribution in [0.25, 0.3) is 0 Å². The van der Waals surface area contributed by atoms with E-state index in [1.165, 1.54) is 0 Å². The van der Waals surface area contributed by atoms with E-state index in [0.717, 1.165) is 16.8 Å². The average molecular weight is 254 g/mol. The summed E-state index contributed by atoms with van der Waals surface area (Å²) in [6.45, 7) is 4.84. The number of nitrogens with one attached hydrogen (secondary N) is 1. The molecular weight excluding hydrogens is 235 g/mol. The van der Waals surface area contributed by atoms with E-state index in [9.17, 15) is 9.18 Å². The van der Waals surface area contributed by atoms with Gasteiger partial charge in [-0.25, -0.2) is 4.39 Å². The summed E-state index contributed by atoms with van der Waals surface area (Å²) in [5.74, 6) is 0.361. The van der Waals surface area contributed by atoms with E-state index < -0.39 is 12.7 Å². The molecule has 100 valence electrons. The van der Waals surface area contributed by atoms with Gasteiger partial charge in [0, 0.05) is 5.69 Å². The van der Waals surface area contributed by atoms with E-state index in [0.29, 0.717) is 5.75 Å². The summed E-state index contributed by atoms with van der Waals surface area (Å²) in [5, 5.41) is 2.77. The molecular formula is C13H19FN2O2. The minimum atomic E-state index is -0.564. The summed E-state index contributed by atoms with van der Waals surface area (Å²) >= 11 is 0. The molecule has 1 atom stereocenters. The lowest BCUT2D eigenvalue weighted by molar-refractivity contribution is -0.117. The highest BCUT2D eigenvalue weighted by atomic mass is 19.1. The molecule has 1 rings (SSSR count). The van der Waals surface area contributed by atoms with Gasteiger partial charge in [-0.1, -0.05) is 0 Å². The molecule has 1 aromatic rings. The highest BCUT2D eigenvalue weighted by molar-refractivity contribution is 5.95. The lowest BCUT2D eigenvalue weighted by Gasteiger charge is -2.15. The van der Waals surface area contributed by atoms with Gasteiger partial charge in [0.25, 0.3) is 0 Å². The Morgan fingerprint density at radius 2 is 2.00 bits per heavy atom. The number of ether oxygens (including phenoxy) is 1. The van der Waals surface area contributed by atoms with Crippen molar-refractivity contribution in [1.29, 1.82) is 0 Å². The highest BCUT2D eigenvalue weighted by Gasteiger charge is 2.12. The summed E-state index contributed by atoms with van der Waals surface area (Å²) < 4.78 is 17.2. The third-order valence-electron chi connectivity index (χ3n) is 2.51. The Labute approximate surface area is 106 Å². The van der Waals surface area contributed by atoms with Crippen LogP contribution < -0.4 is 15.8 Å². The summed E-state index contributed by atoms with van der Waals surface area (Å²) in [5.41, 5.74) is 7.95. The normalized spacial score (nSPS) is 12.1. The van der Waals surface area contributed by atoms with Crippen molar-refractivity contribution in [3.8, 4) is 5.75 Å². The number of aryl methyl sites for hydroxylation is 2. The molecule has 0 aliphatic rings. The topological polar surface area (TPSA) is 64.3 Å². The number of alkyl halides is 1. The van der Waals surface area contributed by atoms with Gasteiger partial charge in [0.05, 0.1) is 6.04 Å². The maximum absolute atomic E-state index is 12.0. The standard InChI is InChI=1S/C13H19FN2O2/c1-8-6-11(18-5-4-14)7-9(2)12(8)16-13(17)10(3)15/h6-7,10H,4-5,15H2,1-3H3,(H,16,17). The highest BCUT2D eigenvalue weighted by Crippen LogP contribution is 2.26. The molecule has 0 aliphatic heterocycles. The summed E-state index contributed by atoms with van der Waals surface area (Å²) in [6, 6.07) is 2.96. The molecule has 0 saturated carbocycles. The van der Waals surface area contributed by atoms with Crippen LogP contribution in [0.1, 0.15) is 18.1 Å². The van der Waals surface area contributed by atoms with Gasteiger partial charge in [-0.3, -0.25) is 4.79 Å². The fraction of sp³-hybridized carbons (Fsp3) is 0.462. The number of carbonyl (C=O) groups excluding carboxylic acids is 1. The van der Waals surface area contributed by atoms with Crippen LogP contribution in [0, 0.1) is 13.8 Å². The second-order valence-corrected chi connectivity index (χ2v) is 4.25. The largest absolute Gasteiger partial charge is 0.491 e. The summed E-state index contributed by atoms with van der Waals surface area (Å²) in [7, 11) is 0. The van der Waals surface area contributed by atoms with Gasteiger partial charge in [-0.15, -0.1) is 0 Å². The van der Waals surface area contributed by atoms with Gasteiger partial charge in [-0.2, -0.15) is 0 Å². The zero-order valence-electron chi connectivity index (χ0n) is 10.9. The first-order valence-electron chi connectivity index (χ1n) is 5.82. The van der Waals surface area contributed by atoms with Crippen molar-refractivity contribution in [3.63, 3.8) is 0 Å². The Morgan fingerprint density at radius 3 is 2.44 bits per heavy atom. The first-order valence-corrected chi connectivity index (χ1v) is 5.82. The molecule has 0 aliphatic carbocycles. The Hall–Kier alpha value is -1.62. The van der Waals surface area contributed by atoms with Crippen molar-refractivity contribution >= 4 is 11.6 Å². The molecule has 1 aromatic carbocycles. The molecule has 1 amide bonds. The minimum absolute atomic E-state index is 0.0322. The Morgan fingerprint density at radius 1 is 1.44 bits per heavy atom. The van der Waals surface area contributed by atoms with Crippen LogP contribution in [0.15, 0.2) is 12.1 Å². The zero-order chi connectivity index (χ0) is 13.7. The van der Waals surface area contributed by atoms with Crippen LogP contribution in [0.3, 0.4) is 0 Å². The van der Waals surface area contributed by atoms with Crippen molar-refractivity contribution in [1.82, 2.24) is 0 Å². The molecule has 1 unspecified atom stereocenters. The van der Waals surface area contributed by atoms with Gasteiger partial charge >= 0.3 is 0 Å². The Kier molecular flexibility index (Phi) is 5.09. The number of hydrogen-bond acceptors (Lipinski definition) is 3. The quantitative estimate of drug-likeness (QED) is 0.844. The van der Waals surface area contributed by atoms with Gasteiger partial charge in [0.15, 0.2) is 0 Å². The molecule has 3 N–H and O–H groups in total. The molecule has 0 aromatic heterocycles. The number of benzene rings is 1. The van der Waals surface area contributed by atoms with E-state index >= 15 is 0 Å². The second-order valence-electron chi connectivity index (χ2n) is 4.25. The van der Waals surface area contributed by atoms with Crippen molar-refractivity contribution in [3.05, 3.63) is 23.3 Å². The predicted molar refractivity (Wildman–Crippen MR) is 69.7 cm³/mol. The van der Waals surface area contributed by atoms with Crippen LogP contribution >= 0.6 is 0 Å². The van der Waals surface area contributed by atoms with Crippen LogP contribution in [-0.4, -0.2) is 25.2 Å². The van der Waals surface area contributed by atoms with Crippen LogP contribution in [0.4, 0.5) is 10.1 Å². The minimum Gasteiger partial charge on any atom is -0.491 e. The van der Waals surface area contributed by atoms with E-state index in [1.807, 2.05) is 13.8 Å². The third-order valence-corrected chi connectivity index (χ3v) is 2.51. The van der Waals surface area contributed by atoms with Crippen molar-refractivity contribution in [2.75, 3.05) is 18.6 Å². The fourth-order valence-electron chi connectivity index (χ4n) is 1.60. The molecule has 0 fully saturated rings.